The Kier molecular flexibility index (Phi) is 7.05. The second-order valence-electron chi connectivity index (χ2n) is 5.56. The second-order valence-corrected chi connectivity index (χ2v) is 6.38. The number of benzene rings is 2. The smallest absolute Gasteiger partial charge is 0.347 e. The summed E-state index contributed by atoms with van der Waals surface area (Å²) in [5.74, 6) is -0.894. The molecule has 0 heterocycles. The number of carbonyl (C=O) groups excluding carboxylic acids is 2. The van der Waals surface area contributed by atoms with Gasteiger partial charge in [-0.2, -0.15) is 5.26 Å². The van der Waals surface area contributed by atoms with Gasteiger partial charge in [0.2, 0.25) is 0 Å². The molecular formula is C19H16Cl2N2O4. The minimum absolute atomic E-state index is 0.246. The minimum atomic E-state index is -1.09. The van der Waals surface area contributed by atoms with Gasteiger partial charge in [0.05, 0.1) is 27.4 Å². The first kappa shape index (κ1) is 20.6. The van der Waals surface area contributed by atoms with Crippen molar-refractivity contribution < 1.29 is 19.1 Å². The molecule has 2 rings (SSSR count). The maximum absolute atomic E-state index is 12.2. The molecule has 2 atom stereocenters. The van der Waals surface area contributed by atoms with Gasteiger partial charge in [-0.3, -0.25) is 4.79 Å². The van der Waals surface area contributed by atoms with Crippen molar-refractivity contribution in [3.05, 3.63) is 58.1 Å². The highest BCUT2D eigenvalue weighted by Gasteiger charge is 2.24. The van der Waals surface area contributed by atoms with Crippen molar-refractivity contribution in [2.24, 2.45) is 0 Å². The van der Waals surface area contributed by atoms with Crippen LogP contribution in [0.2, 0.25) is 10.0 Å². The van der Waals surface area contributed by atoms with Crippen molar-refractivity contribution in [3.63, 3.8) is 0 Å². The van der Waals surface area contributed by atoms with Crippen LogP contribution in [-0.4, -0.2) is 24.1 Å². The number of hydrogen-bond donors (Lipinski definition) is 1. The van der Waals surface area contributed by atoms with Crippen molar-refractivity contribution in [3.8, 4) is 11.8 Å². The lowest BCUT2D eigenvalue weighted by Crippen LogP contribution is -2.35. The molecule has 140 valence electrons. The summed E-state index contributed by atoms with van der Waals surface area (Å²) in [7, 11) is 0. The lowest BCUT2D eigenvalue weighted by Gasteiger charge is -2.18. The standard InChI is InChI=1S/C19H16Cl2N2O4/c1-11(18(24)23-17-15(20)4-3-5-16(17)21)27-19(25)12(2)26-14-8-6-13(10-22)7-9-14/h3-9,11-12H,1-2H3,(H,23,24)/t11-,12-/m1/s1. The van der Waals surface area contributed by atoms with Crippen LogP contribution in [0, 0.1) is 11.3 Å². The number of ether oxygens (including phenoxy) is 2. The molecule has 0 bridgehead atoms. The van der Waals surface area contributed by atoms with Crippen molar-refractivity contribution in [1.29, 1.82) is 5.26 Å². The topological polar surface area (TPSA) is 88.4 Å². The van der Waals surface area contributed by atoms with E-state index in [4.69, 9.17) is 37.9 Å². The molecule has 8 heteroatoms. The molecule has 1 amide bonds. The Hall–Kier alpha value is -2.75. The number of nitrogens with one attached hydrogen (secondary N) is 1. The van der Waals surface area contributed by atoms with Crippen LogP contribution in [0.25, 0.3) is 0 Å². The molecule has 0 spiro atoms. The first-order chi connectivity index (χ1) is 12.8. The van der Waals surface area contributed by atoms with Crippen LogP contribution in [0.3, 0.4) is 0 Å². The van der Waals surface area contributed by atoms with E-state index in [0.29, 0.717) is 11.3 Å². The van der Waals surface area contributed by atoms with Crippen LogP contribution in [0.1, 0.15) is 19.4 Å². The van der Waals surface area contributed by atoms with E-state index in [9.17, 15) is 9.59 Å². The SMILES string of the molecule is C[C@@H](OC(=O)[C@@H](C)Oc1ccc(C#N)cc1)C(=O)Nc1c(Cl)cccc1Cl. The van der Waals surface area contributed by atoms with E-state index in [-0.39, 0.29) is 15.7 Å². The molecule has 0 radical (unpaired) electrons. The fraction of sp³-hybridized carbons (Fsp3) is 0.211. The predicted octanol–water partition coefficient (Wildman–Crippen LogP) is 4.20. The van der Waals surface area contributed by atoms with E-state index in [1.165, 1.54) is 13.8 Å². The second kappa shape index (κ2) is 9.26. The monoisotopic (exact) mass is 406 g/mol. The van der Waals surface area contributed by atoms with E-state index in [0.717, 1.165) is 0 Å². The molecule has 0 aliphatic heterocycles. The molecule has 27 heavy (non-hydrogen) atoms. The largest absolute Gasteiger partial charge is 0.479 e. The molecule has 0 saturated carbocycles. The molecule has 2 aromatic rings. The fourth-order valence-corrected chi connectivity index (χ4v) is 2.52. The zero-order valence-electron chi connectivity index (χ0n) is 14.5. The Bertz CT molecular complexity index is 858. The minimum Gasteiger partial charge on any atom is -0.479 e. The number of amides is 1. The van der Waals surface area contributed by atoms with Gasteiger partial charge in [-0.15, -0.1) is 0 Å². The predicted molar refractivity (Wildman–Crippen MR) is 102 cm³/mol. The molecule has 0 aromatic heterocycles. The number of hydrogen-bond acceptors (Lipinski definition) is 5. The Morgan fingerprint density at radius 3 is 2.19 bits per heavy atom. The van der Waals surface area contributed by atoms with E-state index < -0.39 is 24.1 Å². The first-order valence-electron chi connectivity index (χ1n) is 7.94. The molecule has 0 unspecified atom stereocenters. The van der Waals surface area contributed by atoms with Gasteiger partial charge in [0.15, 0.2) is 12.2 Å². The fourth-order valence-electron chi connectivity index (χ4n) is 2.03. The number of nitrogens with zero attached hydrogens (tertiary/aromatic N) is 1. The van der Waals surface area contributed by atoms with Crippen molar-refractivity contribution in [2.45, 2.75) is 26.1 Å². The number of esters is 1. The molecule has 2 aromatic carbocycles. The van der Waals surface area contributed by atoms with Crippen LogP contribution in [0.15, 0.2) is 42.5 Å². The number of rotatable bonds is 6. The summed E-state index contributed by atoms with van der Waals surface area (Å²) in [5.41, 5.74) is 0.719. The lowest BCUT2D eigenvalue weighted by atomic mass is 10.2. The zero-order valence-corrected chi connectivity index (χ0v) is 16.0. The average Bonchev–Trinajstić information content (AvgIpc) is 2.65. The van der Waals surface area contributed by atoms with Crippen LogP contribution in [0.5, 0.6) is 5.75 Å². The third-order valence-electron chi connectivity index (χ3n) is 3.50. The molecular weight excluding hydrogens is 391 g/mol. The molecule has 0 fully saturated rings. The van der Waals surface area contributed by atoms with Gasteiger partial charge in [0, 0.05) is 0 Å². The summed E-state index contributed by atoms with van der Waals surface area (Å²) < 4.78 is 10.6. The Labute approximate surface area is 166 Å². The van der Waals surface area contributed by atoms with Gasteiger partial charge in [-0.25, -0.2) is 4.79 Å². The molecule has 0 aliphatic carbocycles. The van der Waals surface area contributed by atoms with Crippen molar-refractivity contribution in [2.75, 3.05) is 5.32 Å². The first-order valence-corrected chi connectivity index (χ1v) is 8.69. The summed E-state index contributed by atoms with van der Waals surface area (Å²) >= 11 is 12.0. The molecule has 6 nitrogen and oxygen atoms in total. The van der Waals surface area contributed by atoms with Crippen LogP contribution in [0.4, 0.5) is 5.69 Å². The van der Waals surface area contributed by atoms with Crippen molar-refractivity contribution >= 4 is 40.8 Å². The maximum atomic E-state index is 12.2. The maximum Gasteiger partial charge on any atom is 0.347 e. The van der Waals surface area contributed by atoms with E-state index >= 15 is 0 Å². The number of nitriles is 1. The molecule has 0 saturated heterocycles. The van der Waals surface area contributed by atoms with E-state index in [2.05, 4.69) is 5.32 Å². The quantitative estimate of drug-likeness (QED) is 0.725. The van der Waals surface area contributed by atoms with E-state index in [1.807, 2.05) is 6.07 Å². The van der Waals surface area contributed by atoms with E-state index in [1.54, 1.807) is 42.5 Å². The highest BCUT2D eigenvalue weighted by atomic mass is 35.5. The van der Waals surface area contributed by atoms with Gasteiger partial charge >= 0.3 is 5.97 Å². The average molecular weight is 407 g/mol. The van der Waals surface area contributed by atoms with Gasteiger partial charge in [-0.05, 0) is 50.2 Å². The normalized spacial score (nSPS) is 12.4. The Balaban J connectivity index is 1.93. The third-order valence-corrected chi connectivity index (χ3v) is 4.13. The number of halogens is 2. The summed E-state index contributed by atoms with van der Waals surface area (Å²) in [6.07, 6.45) is -2.03. The van der Waals surface area contributed by atoms with Gasteiger partial charge in [0.1, 0.15) is 5.75 Å². The number of carbonyl (C=O) groups is 2. The highest BCUT2D eigenvalue weighted by Crippen LogP contribution is 2.30. The van der Waals surface area contributed by atoms with Crippen LogP contribution < -0.4 is 10.1 Å². The lowest BCUT2D eigenvalue weighted by molar-refractivity contribution is -0.159. The number of para-hydroxylation sites is 1. The Morgan fingerprint density at radius 2 is 1.63 bits per heavy atom. The summed E-state index contributed by atoms with van der Waals surface area (Å²) in [4.78, 5) is 24.4. The van der Waals surface area contributed by atoms with Gasteiger partial charge in [0.25, 0.3) is 5.91 Å². The highest BCUT2D eigenvalue weighted by molar-refractivity contribution is 6.39. The van der Waals surface area contributed by atoms with Crippen molar-refractivity contribution in [1.82, 2.24) is 0 Å². The van der Waals surface area contributed by atoms with Crippen LogP contribution in [-0.2, 0) is 14.3 Å². The third kappa shape index (κ3) is 5.61. The zero-order chi connectivity index (χ0) is 20.0. The molecule has 1 N–H and O–H groups in total. The summed E-state index contributed by atoms with van der Waals surface area (Å²) in [6.45, 7) is 2.92. The summed E-state index contributed by atoms with van der Waals surface area (Å²) in [5, 5.41) is 11.8. The van der Waals surface area contributed by atoms with Gasteiger partial charge < -0.3 is 14.8 Å². The van der Waals surface area contributed by atoms with Crippen LogP contribution >= 0.6 is 23.2 Å². The summed E-state index contributed by atoms with van der Waals surface area (Å²) in [6, 6.07) is 13.1. The Morgan fingerprint density at radius 1 is 1.04 bits per heavy atom. The van der Waals surface area contributed by atoms with Gasteiger partial charge in [-0.1, -0.05) is 29.3 Å². The number of anilines is 1. The molecule has 0 aliphatic rings.